The van der Waals surface area contributed by atoms with Gasteiger partial charge in [0, 0.05) is 31.0 Å². The lowest BCUT2D eigenvalue weighted by atomic mass is 9.92. The number of nitrogens with zero attached hydrogens (tertiary/aromatic N) is 1. The molecule has 0 aliphatic carbocycles. The molecule has 1 aromatic carbocycles. The van der Waals surface area contributed by atoms with Gasteiger partial charge in [-0.3, -0.25) is 24.7 Å². The summed E-state index contributed by atoms with van der Waals surface area (Å²) in [6.45, 7) is 3.97. The normalized spacial score (nSPS) is 19.7. The summed E-state index contributed by atoms with van der Waals surface area (Å²) < 4.78 is 10.7. The fraction of sp³-hybridized carbons (Fsp3) is 0.222. The number of pyridine rings is 1. The van der Waals surface area contributed by atoms with Crippen molar-refractivity contribution >= 4 is 28.6 Å². The first-order chi connectivity index (χ1) is 11.8. The van der Waals surface area contributed by atoms with Crippen LogP contribution in [0.4, 0.5) is 0 Å². The van der Waals surface area contributed by atoms with Crippen LogP contribution in [-0.4, -0.2) is 22.6 Å². The molecule has 7 heteroatoms. The largest absolute Gasteiger partial charge is 0.456 e. The molecule has 1 aliphatic heterocycles. The van der Waals surface area contributed by atoms with Gasteiger partial charge in [-0.25, -0.2) is 0 Å². The number of ketones is 1. The summed E-state index contributed by atoms with van der Waals surface area (Å²) in [4.78, 5) is 39.9. The first-order valence-corrected chi connectivity index (χ1v) is 7.60. The number of hydrogen-bond donors (Lipinski definition) is 1. The summed E-state index contributed by atoms with van der Waals surface area (Å²) in [5.74, 6) is -2.20. The van der Waals surface area contributed by atoms with Gasteiger partial charge >= 0.3 is 5.97 Å². The highest BCUT2D eigenvalue weighted by Crippen LogP contribution is 2.38. The maximum Gasteiger partial charge on any atom is 0.308 e. The highest BCUT2D eigenvalue weighted by atomic mass is 16.6. The van der Waals surface area contributed by atoms with E-state index in [0.29, 0.717) is 5.56 Å². The van der Waals surface area contributed by atoms with Crippen molar-refractivity contribution in [2.45, 2.75) is 26.4 Å². The Morgan fingerprint density at radius 3 is 2.64 bits per heavy atom. The van der Waals surface area contributed by atoms with Gasteiger partial charge in [-0.05, 0) is 19.1 Å². The van der Waals surface area contributed by atoms with Crippen molar-refractivity contribution in [2.24, 2.45) is 0 Å². The van der Waals surface area contributed by atoms with Gasteiger partial charge in [0.15, 0.2) is 0 Å². The Balaban J connectivity index is 2.04. The molecule has 25 heavy (non-hydrogen) atoms. The molecular formula is C18H16N2O5. The minimum atomic E-state index is -1.46. The molecule has 0 radical (unpaired) electrons. The average molecular weight is 340 g/mol. The summed E-state index contributed by atoms with van der Waals surface area (Å²) in [6.07, 6.45) is 1.53. The second-order valence-electron chi connectivity index (χ2n) is 5.81. The van der Waals surface area contributed by atoms with Crippen LogP contribution in [0.15, 0.2) is 48.2 Å². The molecule has 1 aliphatic rings. The summed E-state index contributed by atoms with van der Waals surface area (Å²) in [6, 6.07) is 9.22. The average Bonchev–Trinajstić information content (AvgIpc) is 2.79. The van der Waals surface area contributed by atoms with E-state index in [0.717, 1.165) is 10.9 Å². The first-order valence-electron chi connectivity index (χ1n) is 7.60. The molecule has 0 saturated heterocycles. The lowest BCUT2D eigenvalue weighted by molar-refractivity contribution is -0.142. The number of ether oxygens (including phenoxy) is 2. The molecule has 1 unspecified atom stereocenters. The molecule has 0 saturated carbocycles. The highest BCUT2D eigenvalue weighted by molar-refractivity contribution is 6.05. The molecule has 0 bridgehead atoms. The predicted octanol–water partition coefficient (Wildman–Crippen LogP) is 1.92. The molecule has 2 heterocycles. The number of nitrogens with one attached hydrogen (secondary N) is 1. The molecule has 2 aromatic rings. The van der Waals surface area contributed by atoms with Gasteiger partial charge < -0.3 is 9.47 Å². The molecule has 1 atom stereocenters. The van der Waals surface area contributed by atoms with Gasteiger partial charge in [0.25, 0.3) is 5.78 Å². The summed E-state index contributed by atoms with van der Waals surface area (Å²) in [7, 11) is 0. The van der Waals surface area contributed by atoms with Crippen LogP contribution < -0.4 is 5.32 Å². The zero-order chi connectivity index (χ0) is 18.2. The van der Waals surface area contributed by atoms with Crippen LogP contribution >= 0.6 is 0 Å². The van der Waals surface area contributed by atoms with Crippen LogP contribution in [0.3, 0.4) is 0 Å². The molecule has 128 valence electrons. The van der Waals surface area contributed by atoms with E-state index in [9.17, 15) is 14.4 Å². The molecule has 1 aromatic heterocycles. The SMILES string of the molecule is CC(=O)NC1=C(OC(C)=O)C(=O)C(C)(c2cnc3ccccc3c2)O1. The van der Waals surface area contributed by atoms with E-state index in [-0.39, 0.29) is 11.6 Å². The maximum absolute atomic E-state index is 12.9. The minimum Gasteiger partial charge on any atom is -0.456 e. The van der Waals surface area contributed by atoms with Gasteiger partial charge in [0.2, 0.25) is 23.2 Å². The molecule has 1 N–H and O–H groups in total. The van der Waals surface area contributed by atoms with Crippen molar-refractivity contribution in [3.8, 4) is 0 Å². The van der Waals surface area contributed by atoms with Crippen LogP contribution in [0.5, 0.6) is 0 Å². The standard InChI is InChI=1S/C18H16N2O5/c1-10(21)20-17-15(24-11(2)22)16(23)18(3,25-17)13-8-12-6-4-5-7-14(12)19-9-13/h4-9H,1-3H3,(H,20,21). The summed E-state index contributed by atoms with van der Waals surface area (Å²) in [5, 5.41) is 3.22. The van der Waals surface area contributed by atoms with E-state index < -0.39 is 23.3 Å². The fourth-order valence-corrected chi connectivity index (χ4v) is 2.62. The maximum atomic E-state index is 12.9. The van der Waals surface area contributed by atoms with Crippen LogP contribution in [0.25, 0.3) is 10.9 Å². The van der Waals surface area contributed by atoms with E-state index in [4.69, 9.17) is 9.47 Å². The number of aromatic nitrogens is 1. The first kappa shape index (κ1) is 16.6. The number of esters is 1. The molecule has 0 spiro atoms. The minimum absolute atomic E-state index is 0.177. The Morgan fingerprint density at radius 1 is 1.24 bits per heavy atom. The predicted molar refractivity (Wildman–Crippen MR) is 87.8 cm³/mol. The lowest BCUT2D eigenvalue weighted by Crippen LogP contribution is -2.32. The Labute approximate surface area is 143 Å². The van der Waals surface area contributed by atoms with Gasteiger partial charge in [-0.1, -0.05) is 18.2 Å². The van der Waals surface area contributed by atoms with E-state index in [1.165, 1.54) is 20.0 Å². The van der Waals surface area contributed by atoms with Crippen LogP contribution in [-0.2, 0) is 29.5 Å². The number of rotatable bonds is 3. The third kappa shape index (κ3) is 2.96. The van der Waals surface area contributed by atoms with Gasteiger partial charge in [0.1, 0.15) is 0 Å². The third-order valence-electron chi connectivity index (χ3n) is 3.83. The van der Waals surface area contributed by atoms with Crippen molar-refractivity contribution in [1.29, 1.82) is 0 Å². The molecule has 1 amide bonds. The number of carbonyl (C=O) groups is 3. The van der Waals surface area contributed by atoms with Crippen LogP contribution in [0.1, 0.15) is 26.3 Å². The van der Waals surface area contributed by atoms with Crippen molar-refractivity contribution in [3.63, 3.8) is 0 Å². The van der Waals surface area contributed by atoms with E-state index >= 15 is 0 Å². The number of para-hydroxylation sites is 1. The Morgan fingerprint density at radius 2 is 1.96 bits per heavy atom. The van der Waals surface area contributed by atoms with Crippen molar-refractivity contribution in [1.82, 2.24) is 10.3 Å². The summed E-state index contributed by atoms with van der Waals surface area (Å²) >= 11 is 0. The second-order valence-corrected chi connectivity index (χ2v) is 5.81. The smallest absolute Gasteiger partial charge is 0.308 e. The highest BCUT2D eigenvalue weighted by Gasteiger charge is 2.50. The van der Waals surface area contributed by atoms with Crippen molar-refractivity contribution < 1.29 is 23.9 Å². The number of benzene rings is 1. The molecule has 7 nitrogen and oxygen atoms in total. The Bertz CT molecular complexity index is 934. The number of Topliss-reactive ketones (excluding diaryl/α,β-unsaturated/α-hetero) is 1. The summed E-state index contributed by atoms with van der Waals surface area (Å²) in [5.41, 5.74) is -0.198. The fourth-order valence-electron chi connectivity index (χ4n) is 2.62. The van der Waals surface area contributed by atoms with E-state index in [1.807, 2.05) is 24.3 Å². The topological polar surface area (TPSA) is 94.6 Å². The number of amides is 1. The van der Waals surface area contributed by atoms with E-state index in [1.54, 1.807) is 13.0 Å². The second kappa shape index (κ2) is 6.01. The zero-order valence-corrected chi connectivity index (χ0v) is 14.0. The Hall–Kier alpha value is -3.22. The van der Waals surface area contributed by atoms with Crippen LogP contribution in [0.2, 0.25) is 0 Å². The van der Waals surface area contributed by atoms with Gasteiger partial charge in [-0.15, -0.1) is 0 Å². The van der Waals surface area contributed by atoms with Crippen molar-refractivity contribution in [2.75, 3.05) is 0 Å². The number of carbonyl (C=O) groups excluding carboxylic acids is 3. The van der Waals surface area contributed by atoms with Gasteiger partial charge in [0.05, 0.1) is 5.52 Å². The quantitative estimate of drug-likeness (QED) is 0.858. The lowest BCUT2D eigenvalue weighted by Gasteiger charge is -2.23. The number of fused-ring (bicyclic) bond motifs is 1. The number of hydrogen-bond acceptors (Lipinski definition) is 6. The molecule has 3 rings (SSSR count). The van der Waals surface area contributed by atoms with Crippen molar-refractivity contribution in [3.05, 3.63) is 53.7 Å². The molecule has 0 fully saturated rings. The van der Waals surface area contributed by atoms with Gasteiger partial charge in [-0.2, -0.15) is 0 Å². The molecular weight excluding hydrogens is 324 g/mol. The monoisotopic (exact) mass is 340 g/mol. The zero-order valence-electron chi connectivity index (χ0n) is 14.0. The van der Waals surface area contributed by atoms with Crippen LogP contribution in [0, 0.1) is 0 Å². The third-order valence-corrected chi connectivity index (χ3v) is 3.83. The Kier molecular flexibility index (Phi) is 4.00. The van der Waals surface area contributed by atoms with E-state index in [2.05, 4.69) is 10.3 Å².